The zero-order chi connectivity index (χ0) is 19.4. The fourth-order valence-corrected chi connectivity index (χ4v) is 3.24. The van der Waals surface area contributed by atoms with Crippen LogP contribution in [0.2, 0.25) is 5.02 Å². The van der Waals surface area contributed by atoms with Gasteiger partial charge in [-0.2, -0.15) is 0 Å². The Balaban J connectivity index is 2.71. The van der Waals surface area contributed by atoms with Gasteiger partial charge in [0.05, 0.1) is 5.70 Å². The third-order valence-electron chi connectivity index (χ3n) is 4.60. The van der Waals surface area contributed by atoms with Crippen LogP contribution >= 0.6 is 23.2 Å². The van der Waals surface area contributed by atoms with E-state index in [1.54, 1.807) is 11.9 Å². The summed E-state index contributed by atoms with van der Waals surface area (Å²) in [4.78, 5) is 21.2. The third-order valence-corrected chi connectivity index (χ3v) is 5.26. The van der Waals surface area contributed by atoms with Crippen molar-refractivity contribution in [2.24, 2.45) is 4.99 Å². The maximum atomic E-state index is 12.9. The third kappa shape index (κ3) is 3.97. The predicted molar refractivity (Wildman–Crippen MR) is 111 cm³/mol. The number of halogens is 2. The number of likely N-dealkylation sites (N-methyl/N-ethyl adjacent to an activating group) is 1. The minimum atomic E-state index is -0.352. The molecule has 26 heavy (non-hydrogen) atoms. The highest BCUT2D eigenvalue weighted by Gasteiger charge is 2.39. The van der Waals surface area contributed by atoms with Crippen LogP contribution in [0.25, 0.3) is 0 Å². The first-order valence-corrected chi connectivity index (χ1v) is 9.54. The molecule has 0 spiro atoms. The molecule has 1 saturated heterocycles. The highest BCUT2D eigenvalue weighted by molar-refractivity contribution is 6.32. The summed E-state index contributed by atoms with van der Waals surface area (Å²) < 4.78 is 0. The molecule has 1 unspecified atom stereocenters. The van der Waals surface area contributed by atoms with E-state index in [-0.39, 0.29) is 11.9 Å². The normalized spacial score (nSPS) is 22.3. The topological polar surface area (TPSA) is 35.9 Å². The number of rotatable bonds is 4. The van der Waals surface area contributed by atoms with Gasteiger partial charge in [-0.3, -0.25) is 4.79 Å². The van der Waals surface area contributed by atoms with E-state index in [0.29, 0.717) is 22.4 Å². The lowest BCUT2D eigenvalue weighted by molar-refractivity contribution is -0.129. The minimum absolute atomic E-state index is 0.0295. The quantitative estimate of drug-likeness (QED) is 0.625. The number of amides is 1. The first-order valence-electron chi connectivity index (χ1n) is 8.78. The second-order valence-corrected chi connectivity index (χ2v) is 7.00. The van der Waals surface area contributed by atoms with Gasteiger partial charge in [0.25, 0.3) is 0 Å². The molecule has 0 aromatic heterocycles. The lowest BCUT2D eigenvalue weighted by Gasteiger charge is -2.42. The summed E-state index contributed by atoms with van der Waals surface area (Å²) in [5, 5.41) is 1.10. The summed E-state index contributed by atoms with van der Waals surface area (Å²) in [6.45, 7) is 7.89. The molecule has 1 aromatic rings. The number of amidine groups is 1. The summed E-state index contributed by atoms with van der Waals surface area (Å²) in [5.74, 6) is 0.698. The number of aliphatic imine (C=N–C) groups is 1. The first-order chi connectivity index (χ1) is 12.3. The molecular formula is C20H25Cl2N3O. The van der Waals surface area contributed by atoms with Gasteiger partial charge in [-0.1, -0.05) is 43.1 Å². The molecule has 1 amide bonds. The maximum Gasteiger partial charge on any atom is 0.249 e. The zero-order valence-corrected chi connectivity index (χ0v) is 17.4. The van der Waals surface area contributed by atoms with Crippen molar-refractivity contribution >= 4 is 40.6 Å². The molecule has 1 atom stereocenters. The van der Waals surface area contributed by atoms with Gasteiger partial charge in [0, 0.05) is 17.8 Å². The molecule has 1 fully saturated rings. The molecule has 0 aliphatic carbocycles. The molecule has 4 nitrogen and oxygen atoms in total. The van der Waals surface area contributed by atoms with Crippen molar-refractivity contribution in [3.05, 3.63) is 51.8 Å². The lowest BCUT2D eigenvalue weighted by atomic mass is 10.0. The van der Waals surface area contributed by atoms with Crippen LogP contribution < -0.4 is 4.90 Å². The van der Waals surface area contributed by atoms with Gasteiger partial charge in [-0.15, -0.1) is 0 Å². The van der Waals surface area contributed by atoms with E-state index in [9.17, 15) is 4.79 Å². The average molecular weight is 394 g/mol. The van der Waals surface area contributed by atoms with Crippen molar-refractivity contribution in [2.45, 2.75) is 46.6 Å². The van der Waals surface area contributed by atoms with Crippen LogP contribution in [0.3, 0.4) is 0 Å². The SMILES string of the molecule is CC=C1C(=NC(Cl)=C(C)CC)N(c2ccc(Cl)cc2)C(CC)C(=O)N1C. The van der Waals surface area contributed by atoms with E-state index < -0.39 is 0 Å². The molecule has 1 heterocycles. The van der Waals surface area contributed by atoms with Crippen molar-refractivity contribution in [3.8, 4) is 0 Å². The van der Waals surface area contributed by atoms with Crippen molar-refractivity contribution in [1.82, 2.24) is 4.90 Å². The number of hydrogen-bond acceptors (Lipinski definition) is 2. The minimum Gasteiger partial charge on any atom is -0.312 e. The summed E-state index contributed by atoms with van der Waals surface area (Å²) in [6.07, 6.45) is 3.35. The number of carbonyl (C=O) groups excluding carboxylic acids is 1. The predicted octanol–water partition coefficient (Wildman–Crippen LogP) is 5.58. The summed E-state index contributed by atoms with van der Waals surface area (Å²) in [6, 6.07) is 7.07. The standard InChI is InChI=1S/C20H25Cl2N3O/c1-6-13(4)18(22)23-19-16(7-2)24(5)20(26)17(8-3)25(19)15-11-9-14(21)10-12-15/h7,9-12,17H,6,8H2,1-5H3. The average Bonchev–Trinajstić information content (AvgIpc) is 2.64. The first kappa shape index (κ1) is 20.5. The maximum absolute atomic E-state index is 12.9. The Bertz CT molecular complexity index is 766. The van der Waals surface area contributed by atoms with Crippen molar-refractivity contribution in [2.75, 3.05) is 11.9 Å². The van der Waals surface area contributed by atoms with Crippen molar-refractivity contribution in [1.29, 1.82) is 0 Å². The van der Waals surface area contributed by atoms with E-state index >= 15 is 0 Å². The number of anilines is 1. The zero-order valence-electron chi connectivity index (χ0n) is 15.9. The van der Waals surface area contributed by atoms with E-state index in [0.717, 1.165) is 23.4 Å². The Labute approximate surface area is 165 Å². The number of allylic oxidation sites excluding steroid dienone is 2. The van der Waals surface area contributed by atoms with Crippen LogP contribution in [0.1, 0.15) is 40.5 Å². The van der Waals surface area contributed by atoms with Crippen LogP contribution in [-0.2, 0) is 4.79 Å². The smallest absolute Gasteiger partial charge is 0.249 e. The van der Waals surface area contributed by atoms with Gasteiger partial charge in [0.15, 0.2) is 5.84 Å². The van der Waals surface area contributed by atoms with Crippen molar-refractivity contribution in [3.63, 3.8) is 0 Å². The lowest BCUT2D eigenvalue weighted by Crippen LogP contribution is -2.57. The molecule has 0 saturated carbocycles. The Morgan fingerprint density at radius 1 is 1.27 bits per heavy atom. The Kier molecular flexibility index (Phi) is 6.90. The molecule has 0 bridgehead atoms. The molecule has 1 aliphatic rings. The molecule has 6 heteroatoms. The summed E-state index contributed by atoms with van der Waals surface area (Å²) in [5.41, 5.74) is 2.59. The number of carbonyl (C=O) groups is 1. The fraction of sp³-hybridized carbons (Fsp3) is 0.400. The Hall–Kier alpha value is -1.78. The second-order valence-electron chi connectivity index (χ2n) is 6.20. The Morgan fingerprint density at radius 2 is 1.88 bits per heavy atom. The van der Waals surface area contributed by atoms with Gasteiger partial charge < -0.3 is 9.80 Å². The Morgan fingerprint density at radius 3 is 2.38 bits per heavy atom. The van der Waals surface area contributed by atoms with Crippen LogP contribution in [0.4, 0.5) is 5.69 Å². The van der Waals surface area contributed by atoms with E-state index in [4.69, 9.17) is 28.2 Å². The molecule has 1 aromatic carbocycles. The van der Waals surface area contributed by atoms with Gasteiger partial charge in [0.1, 0.15) is 11.2 Å². The monoisotopic (exact) mass is 393 g/mol. The van der Waals surface area contributed by atoms with Crippen LogP contribution in [-0.4, -0.2) is 29.7 Å². The molecule has 2 rings (SSSR count). The molecular weight excluding hydrogens is 369 g/mol. The van der Waals surface area contributed by atoms with Gasteiger partial charge in [0.2, 0.25) is 5.91 Å². The summed E-state index contributed by atoms with van der Waals surface area (Å²) >= 11 is 12.5. The van der Waals surface area contributed by atoms with Crippen LogP contribution in [0.15, 0.2) is 51.8 Å². The molecule has 0 N–H and O–H groups in total. The van der Waals surface area contributed by atoms with Crippen LogP contribution in [0.5, 0.6) is 0 Å². The van der Waals surface area contributed by atoms with E-state index in [2.05, 4.69) is 0 Å². The van der Waals surface area contributed by atoms with E-state index in [1.807, 2.05) is 62.9 Å². The number of benzene rings is 1. The van der Waals surface area contributed by atoms with Gasteiger partial charge in [-0.25, -0.2) is 4.99 Å². The number of piperazine rings is 1. The number of hydrogen-bond donors (Lipinski definition) is 0. The molecule has 140 valence electrons. The van der Waals surface area contributed by atoms with Gasteiger partial charge in [-0.05, 0) is 56.5 Å². The highest BCUT2D eigenvalue weighted by Crippen LogP contribution is 2.31. The highest BCUT2D eigenvalue weighted by atomic mass is 35.5. The fourth-order valence-electron chi connectivity index (χ4n) is 2.90. The van der Waals surface area contributed by atoms with E-state index in [1.165, 1.54) is 0 Å². The van der Waals surface area contributed by atoms with Crippen molar-refractivity contribution < 1.29 is 4.79 Å². The second kappa shape index (κ2) is 8.74. The van der Waals surface area contributed by atoms with Crippen LogP contribution in [0, 0.1) is 0 Å². The molecule has 1 aliphatic heterocycles. The largest absolute Gasteiger partial charge is 0.312 e. The van der Waals surface area contributed by atoms with Gasteiger partial charge >= 0.3 is 0 Å². The molecule has 0 radical (unpaired) electrons. The summed E-state index contributed by atoms with van der Waals surface area (Å²) in [7, 11) is 1.78. The number of nitrogens with zero attached hydrogens (tertiary/aromatic N) is 3.